The first-order valence-corrected chi connectivity index (χ1v) is 11.2. The maximum atomic E-state index is 13.6. The Hall–Kier alpha value is -2.82. The van der Waals surface area contributed by atoms with Gasteiger partial charge in [-0.25, -0.2) is 0 Å². The van der Waals surface area contributed by atoms with Crippen LogP contribution >= 0.6 is 23.2 Å². The molecule has 3 aromatic rings. The molecule has 0 saturated carbocycles. The van der Waals surface area contributed by atoms with Crippen molar-refractivity contribution in [3.63, 3.8) is 0 Å². The normalized spacial score (nSPS) is 11.8. The van der Waals surface area contributed by atoms with Crippen LogP contribution in [-0.2, 0) is 16.1 Å². The molecule has 1 atom stereocenters. The van der Waals surface area contributed by atoms with Crippen LogP contribution in [0.5, 0.6) is 0 Å². The number of halogens is 2. The Morgan fingerprint density at radius 2 is 1.44 bits per heavy atom. The summed E-state index contributed by atoms with van der Waals surface area (Å²) in [5, 5.41) is 3.50. The summed E-state index contributed by atoms with van der Waals surface area (Å²) in [4.78, 5) is 27.6. The van der Waals surface area contributed by atoms with E-state index in [0.29, 0.717) is 10.0 Å². The first-order chi connectivity index (χ1) is 15.4. The van der Waals surface area contributed by atoms with E-state index < -0.39 is 6.04 Å². The largest absolute Gasteiger partial charge is 0.357 e. The highest BCUT2D eigenvalue weighted by atomic mass is 35.5. The molecule has 6 heteroatoms. The van der Waals surface area contributed by atoms with Crippen LogP contribution in [0.4, 0.5) is 0 Å². The van der Waals surface area contributed by atoms with Crippen molar-refractivity contribution in [2.45, 2.75) is 31.8 Å². The standard InChI is InChI=1S/C26H26Cl2N2O2/c1-18(26(32)29-2)30(17-19-13-14-23(27)24(28)15-19)25(31)16-22(20-9-5-3-6-10-20)21-11-7-4-8-12-21/h3-15,18,22H,16-17H2,1-2H3,(H,29,32)/t18-/m1/s1. The van der Waals surface area contributed by atoms with Gasteiger partial charge in [-0.3, -0.25) is 9.59 Å². The fourth-order valence-corrected chi connectivity index (χ4v) is 4.04. The predicted octanol–water partition coefficient (Wildman–Crippen LogP) is 5.68. The number of hydrogen-bond donors (Lipinski definition) is 1. The van der Waals surface area contributed by atoms with Crippen LogP contribution in [0.3, 0.4) is 0 Å². The lowest BCUT2D eigenvalue weighted by Crippen LogP contribution is -2.47. The zero-order valence-electron chi connectivity index (χ0n) is 18.1. The Balaban J connectivity index is 1.92. The van der Waals surface area contributed by atoms with Crippen molar-refractivity contribution in [2.24, 2.45) is 0 Å². The number of carbonyl (C=O) groups excluding carboxylic acids is 2. The molecule has 4 nitrogen and oxygen atoms in total. The van der Waals surface area contributed by atoms with Crippen molar-refractivity contribution in [3.8, 4) is 0 Å². The lowest BCUT2D eigenvalue weighted by Gasteiger charge is -2.30. The first kappa shape index (κ1) is 23.8. The van der Waals surface area contributed by atoms with Gasteiger partial charge in [-0.15, -0.1) is 0 Å². The number of nitrogens with one attached hydrogen (secondary N) is 1. The van der Waals surface area contributed by atoms with Gasteiger partial charge in [0.05, 0.1) is 10.0 Å². The van der Waals surface area contributed by atoms with Crippen molar-refractivity contribution in [1.82, 2.24) is 10.2 Å². The van der Waals surface area contributed by atoms with Crippen LogP contribution in [-0.4, -0.2) is 29.8 Å². The fraction of sp³-hybridized carbons (Fsp3) is 0.231. The molecule has 3 aromatic carbocycles. The predicted molar refractivity (Wildman–Crippen MR) is 130 cm³/mol. The van der Waals surface area contributed by atoms with E-state index in [1.54, 1.807) is 31.0 Å². The van der Waals surface area contributed by atoms with E-state index in [1.807, 2.05) is 66.7 Å². The summed E-state index contributed by atoms with van der Waals surface area (Å²) < 4.78 is 0. The Morgan fingerprint density at radius 1 is 0.875 bits per heavy atom. The second-order valence-corrected chi connectivity index (χ2v) is 8.45. The summed E-state index contributed by atoms with van der Waals surface area (Å²) in [7, 11) is 1.57. The molecule has 166 valence electrons. The van der Waals surface area contributed by atoms with Crippen molar-refractivity contribution in [2.75, 3.05) is 7.05 Å². The number of nitrogens with zero attached hydrogens (tertiary/aromatic N) is 1. The summed E-state index contributed by atoms with van der Waals surface area (Å²) >= 11 is 12.2. The minimum absolute atomic E-state index is 0.120. The van der Waals surface area contributed by atoms with Crippen molar-refractivity contribution < 1.29 is 9.59 Å². The third-order valence-corrected chi connectivity index (χ3v) is 6.27. The molecular weight excluding hydrogens is 443 g/mol. The van der Waals surface area contributed by atoms with Gasteiger partial charge < -0.3 is 10.2 Å². The van der Waals surface area contributed by atoms with Crippen LogP contribution in [0.15, 0.2) is 78.9 Å². The van der Waals surface area contributed by atoms with E-state index >= 15 is 0 Å². The summed E-state index contributed by atoms with van der Waals surface area (Å²) in [6.45, 7) is 1.98. The average Bonchev–Trinajstić information content (AvgIpc) is 2.83. The van der Waals surface area contributed by atoms with Gasteiger partial charge in [0.25, 0.3) is 0 Å². The van der Waals surface area contributed by atoms with Crippen molar-refractivity contribution in [3.05, 3.63) is 106 Å². The second-order valence-electron chi connectivity index (χ2n) is 7.64. The molecule has 32 heavy (non-hydrogen) atoms. The summed E-state index contributed by atoms with van der Waals surface area (Å²) in [6, 6.07) is 24.5. The van der Waals surface area contributed by atoms with E-state index in [1.165, 1.54) is 0 Å². The topological polar surface area (TPSA) is 49.4 Å². The molecule has 2 amide bonds. The van der Waals surface area contributed by atoms with Crippen molar-refractivity contribution >= 4 is 35.0 Å². The zero-order valence-corrected chi connectivity index (χ0v) is 19.6. The van der Waals surface area contributed by atoms with E-state index in [-0.39, 0.29) is 30.7 Å². The lowest BCUT2D eigenvalue weighted by atomic mass is 9.88. The van der Waals surface area contributed by atoms with Crippen LogP contribution in [0.2, 0.25) is 10.0 Å². The number of rotatable bonds is 8. The maximum absolute atomic E-state index is 13.6. The zero-order chi connectivity index (χ0) is 23.1. The molecule has 0 spiro atoms. The van der Waals surface area contributed by atoms with E-state index in [9.17, 15) is 9.59 Å². The molecule has 0 radical (unpaired) electrons. The maximum Gasteiger partial charge on any atom is 0.242 e. The average molecular weight is 469 g/mol. The highest BCUT2D eigenvalue weighted by molar-refractivity contribution is 6.42. The highest BCUT2D eigenvalue weighted by Gasteiger charge is 2.28. The fourth-order valence-electron chi connectivity index (χ4n) is 3.72. The van der Waals surface area contributed by atoms with Gasteiger partial charge in [-0.2, -0.15) is 0 Å². The molecular formula is C26H26Cl2N2O2. The van der Waals surface area contributed by atoms with Gasteiger partial charge in [0, 0.05) is 25.9 Å². The number of amides is 2. The number of carbonyl (C=O) groups is 2. The van der Waals surface area contributed by atoms with Gasteiger partial charge in [0.1, 0.15) is 6.04 Å². The molecule has 0 saturated heterocycles. The lowest BCUT2D eigenvalue weighted by molar-refractivity contribution is -0.140. The smallest absolute Gasteiger partial charge is 0.242 e. The van der Waals surface area contributed by atoms with Crippen LogP contribution < -0.4 is 5.32 Å². The molecule has 0 aromatic heterocycles. The summed E-state index contributed by atoms with van der Waals surface area (Å²) in [5.41, 5.74) is 2.91. The molecule has 0 aliphatic heterocycles. The first-order valence-electron chi connectivity index (χ1n) is 10.5. The third-order valence-electron chi connectivity index (χ3n) is 5.53. The van der Waals surface area contributed by atoms with Gasteiger partial charge in [-0.1, -0.05) is 89.9 Å². The molecule has 0 aliphatic carbocycles. The van der Waals surface area contributed by atoms with E-state index in [2.05, 4.69) is 5.32 Å². The van der Waals surface area contributed by atoms with Crippen LogP contribution in [0.1, 0.15) is 36.0 Å². The monoisotopic (exact) mass is 468 g/mol. The van der Waals surface area contributed by atoms with Crippen LogP contribution in [0.25, 0.3) is 0 Å². The quantitative estimate of drug-likeness (QED) is 0.462. The Labute approximate surface area is 199 Å². The molecule has 0 bridgehead atoms. The van der Waals surface area contributed by atoms with Gasteiger partial charge >= 0.3 is 0 Å². The molecule has 0 unspecified atom stereocenters. The Morgan fingerprint density at radius 3 is 1.94 bits per heavy atom. The molecule has 3 rings (SSSR count). The SMILES string of the molecule is CNC(=O)[C@@H](C)N(Cc1ccc(Cl)c(Cl)c1)C(=O)CC(c1ccccc1)c1ccccc1. The number of likely N-dealkylation sites (N-methyl/N-ethyl adjacent to an activating group) is 1. The number of benzene rings is 3. The molecule has 0 heterocycles. The number of hydrogen-bond acceptors (Lipinski definition) is 2. The van der Waals surface area contributed by atoms with Gasteiger partial charge in [0.15, 0.2) is 0 Å². The van der Waals surface area contributed by atoms with Crippen LogP contribution in [0, 0.1) is 0 Å². The molecule has 0 fully saturated rings. The molecule has 1 N–H and O–H groups in total. The van der Waals surface area contributed by atoms with Crippen molar-refractivity contribution in [1.29, 1.82) is 0 Å². The van der Waals surface area contributed by atoms with Gasteiger partial charge in [0.2, 0.25) is 11.8 Å². The Kier molecular flexibility index (Phi) is 8.32. The van der Waals surface area contributed by atoms with Gasteiger partial charge in [-0.05, 0) is 35.7 Å². The highest BCUT2D eigenvalue weighted by Crippen LogP contribution is 2.30. The minimum Gasteiger partial charge on any atom is -0.357 e. The third kappa shape index (κ3) is 5.90. The molecule has 0 aliphatic rings. The summed E-state index contributed by atoms with van der Waals surface area (Å²) in [5.74, 6) is -0.475. The Bertz CT molecular complexity index is 1020. The van der Waals surface area contributed by atoms with E-state index in [0.717, 1.165) is 16.7 Å². The summed E-state index contributed by atoms with van der Waals surface area (Å²) in [6.07, 6.45) is 0.233. The minimum atomic E-state index is -0.644. The second kappa shape index (κ2) is 11.2. The van der Waals surface area contributed by atoms with E-state index in [4.69, 9.17) is 23.2 Å².